The van der Waals surface area contributed by atoms with E-state index in [4.69, 9.17) is 17.3 Å². The van der Waals surface area contributed by atoms with E-state index in [1.165, 1.54) is 0 Å². The molecule has 2 radical (unpaired) electrons. The smallest absolute Gasteiger partial charge is 0.330 e. The van der Waals surface area contributed by atoms with Gasteiger partial charge in [-0.05, 0) is 24.7 Å². The first-order valence-electron chi connectivity index (χ1n) is 6.30. The summed E-state index contributed by atoms with van der Waals surface area (Å²) in [7, 11) is 5.14. The Morgan fingerprint density at radius 2 is 2.11 bits per heavy atom. The van der Waals surface area contributed by atoms with Gasteiger partial charge in [0.05, 0.1) is 14.5 Å². The van der Waals surface area contributed by atoms with Crippen molar-refractivity contribution in [1.82, 2.24) is 0 Å². The van der Waals surface area contributed by atoms with Crippen LogP contribution in [-0.4, -0.2) is 68.3 Å². The minimum absolute atomic E-state index is 0.0680. The molecular weight excluding hydrogens is 263 g/mol. The van der Waals surface area contributed by atoms with Gasteiger partial charge in [0, 0.05) is 12.7 Å². The fraction of sp³-hybridized carbons (Fsp3) is 0.769. The summed E-state index contributed by atoms with van der Waals surface area (Å²) < 4.78 is 10.0. The zero-order valence-electron chi connectivity index (χ0n) is 12.1. The van der Waals surface area contributed by atoms with Gasteiger partial charge in [0.2, 0.25) is 0 Å². The molecule has 0 aromatic rings. The fourth-order valence-electron chi connectivity index (χ4n) is 1.22. The lowest BCUT2D eigenvalue weighted by Crippen LogP contribution is -2.24. The van der Waals surface area contributed by atoms with Gasteiger partial charge in [-0.15, -0.1) is 0 Å². The first-order valence-corrected chi connectivity index (χ1v) is 8.98. The van der Waals surface area contributed by atoms with E-state index in [9.17, 15) is 9.90 Å². The highest BCUT2D eigenvalue weighted by Crippen LogP contribution is 2.43. The summed E-state index contributed by atoms with van der Waals surface area (Å²) in [6.45, 7) is 5.98. The predicted molar refractivity (Wildman–Crippen MR) is 82.1 cm³/mol. The van der Waals surface area contributed by atoms with Crippen LogP contribution in [0.2, 0.25) is 0 Å². The second kappa shape index (κ2) is 9.45. The van der Waals surface area contributed by atoms with Crippen LogP contribution in [0.3, 0.4) is 0 Å². The normalized spacial score (nSPS) is 15.6. The highest BCUT2D eigenvalue weighted by molar-refractivity contribution is 8.33. The van der Waals surface area contributed by atoms with Crippen molar-refractivity contribution >= 4 is 23.8 Å². The average Bonchev–Trinajstić information content (AvgIpc) is 2.35. The maximum Gasteiger partial charge on any atom is 0.330 e. The molecule has 0 amide bonds. The maximum atomic E-state index is 10.8. The number of ether oxygens (including phenoxy) is 2. The Morgan fingerprint density at radius 3 is 2.63 bits per heavy atom. The first-order chi connectivity index (χ1) is 8.79. The molecule has 0 rings (SSSR count). The van der Waals surface area contributed by atoms with Crippen LogP contribution in [0.4, 0.5) is 0 Å². The van der Waals surface area contributed by atoms with Crippen LogP contribution in [0, 0.1) is 0 Å². The molecule has 0 aliphatic carbocycles. The van der Waals surface area contributed by atoms with Crippen molar-refractivity contribution in [2.75, 3.05) is 38.1 Å². The van der Waals surface area contributed by atoms with Crippen molar-refractivity contribution in [3.63, 3.8) is 0 Å². The van der Waals surface area contributed by atoms with E-state index in [-0.39, 0.29) is 18.4 Å². The highest BCUT2D eigenvalue weighted by Gasteiger charge is 2.15. The summed E-state index contributed by atoms with van der Waals surface area (Å²) in [5.41, 5.74) is 0. The SMILES string of the molecule is [B]C(C)S(C)(C)CCCOCC(O)COC(=O)C=C. The van der Waals surface area contributed by atoms with Crippen LogP contribution in [0.5, 0.6) is 0 Å². The monoisotopic (exact) mass is 288 g/mol. The van der Waals surface area contributed by atoms with Gasteiger partial charge >= 0.3 is 5.97 Å². The molecule has 0 saturated heterocycles. The summed E-state index contributed by atoms with van der Waals surface area (Å²) in [5.74, 6) is 0.507. The molecule has 0 bridgehead atoms. The van der Waals surface area contributed by atoms with E-state index >= 15 is 0 Å². The molecule has 0 fully saturated rings. The molecule has 2 atom stereocenters. The maximum absolute atomic E-state index is 10.8. The lowest BCUT2D eigenvalue weighted by molar-refractivity contribution is -0.141. The summed E-state index contributed by atoms with van der Waals surface area (Å²) in [6, 6.07) is 0. The minimum atomic E-state index is -0.794. The number of aliphatic hydroxyl groups excluding tert-OH is 1. The van der Waals surface area contributed by atoms with Crippen molar-refractivity contribution < 1.29 is 19.4 Å². The first kappa shape index (κ1) is 18.5. The van der Waals surface area contributed by atoms with Crippen LogP contribution >= 0.6 is 10.0 Å². The molecule has 2 unspecified atom stereocenters. The van der Waals surface area contributed by atoms with E-state index in [0.717, 1.165) is 18.2 Å². The number of hydrogen-bond donors (Lipinski definition) is 1. The summed E-state index contributed by atoms with van der Waals surface area (Å²) in [6.07, 6.45) is 5.61. The van der Waals surface area contributed by atoms with Crippen molar-refractivity contribution in [3.8, 4) is 0 Å². The van der Waals surface area contributed by atoms with Gasteiger partial charge in [0.15, 0.2) is 0 Å². The number of carbonyl (C=O) groups is 1. The molecule has 4 nitrogen and oxygen atoms in total. The zero-order chi connectivity index (χ0) is 14.9. The van der Waals surface area contributed by atoms with Crippen LogP contribution in [0.25, 0.3) is 0 Å². The Labute approximate surface area is 119 Å². The van der Waals surface area contributed by atoms with E-state index in [1.54, 1.807) is 0 Å². The van der Waals surface area contributed by atoms with Crippen LogP contribution in [-0.2, 0) is 14.3 Å². The third-order valence-corrected chi connectivity index (χ3v) is 6.21. The molecule has 1 N–H and O–H groups in total. The molecule has 110 valence electrons. The molecule has 0 heterocycles. The summed E-state index contributed by atoms with van der Waals surface area (Å²) in [5, 5.41) is 9.71. The Balaban J connectivity index is 3.59. The number of esters is 1. The van der Waals surface area contributed by atoms with Crippen molar-refractivity contribution in [2.45, 2.75) is 24.6 Å². The van der Waals surface area contributed by atoms with Crippen molar-refractivity contribution in [1.29, 1.82) is 0 Å². The Morgan fingerprint density at radius 1 is 1.47 bits per heavy atom. The number of aliphatic hydroxyl groups is 1. The molecular formula is C13H25BO4S. The molecule has 0 aromatic carbocycles. The van der Waals surface area contributed by atoms with Gasteiger partial charge in [0.1, 0.15) is 12.7 Å². The molecule has 0 spiro atoms. The van der Waals surface area contributed by atoms with E-state index in [0.29, 0.717) is 6.61 Å². The molecule has 0 aliphatic heterocycles. The summed E-state index contributed by atoms with van der Waals surface area (Å²) >= 11 is 0. The molecule has 19 heavy (non-hydrogen) atoms. The largest absolute Gasteiger partial charge is 0.460 e. The third-order valence-electron chi connectivity index (χ3n) is 2.86. The molecule has 0 aliphatic rings. The molecule has 0 saturated carbocycles. The Hall–Kier alpha value is -0.455. The van der Waals surface area contributed by atoms with Crippen LogP contribution in [0.15, 0.2) is 12.7 Å². The quantitative estimate of drug-likeness (QED) is 0.283. The Bertz CT molecular complexity index is 282. The predicted octanol–water partition coefficient (Wildman–Crippen LogP) is 1.06. The van der Waals surface area contributed by atoms with Crippen LogP contribution < -0.4 is 0 Å². The number of rotatable bonds is 10. The number of hydrogen-bond acceptors (Lipinski definition) is 4. The second-order valence-electron chi connectivity index (χ2n) is 4.95. The van der Waals surface area contributed by atoms with Crippen LogP contribution in [0.1, 0.15) is 13.3 Å². The van der Waals surface area contributed by atoms with Gasteiger partial charge in [0.25, 0.3) is 0 Å². The van der Waals surface area contributed by atoms with Gasteiger partial charge in [-0.3, -0.25) is 10.0 Å². The van der Waals surface area contributed by atoms with Gasteiger partial charge in [-0.2, -0.15) is 0 Å². The van der Waals surface area contributed by atoms with Crippen molar-refractivity contribution in [2.24, 2.45) is 0 Å². The van der Waals surface area contributed by atoms with E-state index in [2.05, 4.69) is 19.1 Å². The fourth-order valence-corrected chi connectivity index (χ4v) is 2.46. The van der Waals surface area contributed by atoms with Crippen molar-refractivity contribution in [3.05, 3.63) is 12.7 Å². The highest BCUT2D eigenvalue weighted by atomic mass is 32.3. The second-order valence-corrected chi connectivity index (χ2v) is 9.35. The molecule has 0 aromatic heterocycles. The average molecular weight is 288 g/mol. The van der Waals surface area contributed by atoms with E-state index in [1.807, 2.05) is 6.92 Å². The standard InChI is InChI=1S/C13H25BO4S/c1-5-13(16)18-10-12(15)9-17-7-6-8-19(3,4)11(2)14/h5,11-12,15H,1,6-10H2,2-4H3. The lowest BCUT2D eigenvalue weighted by Gasteiger charge is -2.36. The molecule has 6 heteroatoms. The minimum Gasteiger partial charge on any atom is -0.460 e. The van der Waals surface area contributed by atoms with Gasteiger partial charge in [-0.1, -0.05) is 18.7 Å². The van der Waals surface area contributed by atoms with E-state index < -0.39 is 22.1 Å². The van der Waals surface area contributed by atoms with Gasteiger partial charge in [-0.25, -0.2) is 4.79 Å². The third kappa shape index (κ3) is 9.13. The Kier molecular flexibility index (Phi) is 9.22. The van der Waals surface area contributed by atoms with Gasteiger partial charge < -0.3 is 14.6 Å². The lowest BCUT2D eigenvalue weighted by atomic mass is 10.1. The summed E-state index contributed by atoms with van der Waals surface area (Å²) in [4.78, 5) is 10.8. The topological polar surface area (TPSA) is 55.8 Å². The number of carbonyl (C=O) groups excluding carboxylic acids is 1. The zero-order valence-corrected chi connectivity index (χ0v) is 12.9.